The minimum absolute atomic E-state index is 0.865. The average Bonchev–Trinajstić information content (AvgIpc) is 2.05. The molecule has 0 aromatic heterocycles. The van der Waals surface area contributed by atoms with Gasteiger partial charge in [0.2, 0.25) is 0 Å². The second-order valence-corrected chi connectivity index (χ2v) is 2.97. The number of allylic oxidation sites excluding steroid dienone is 2. The lowest BCUT2D eigenvalue weighted by molar-refractivity contribution is 1.38. The molecule has 0 unspecified atom stereocenters. The van der Waals surface area contributed by atoms with E-state index in [2.05, 4.69) is 44.3 Å². The summed E-state index contributed by atoms with van der Waals surface area (Å²) in [5, 5.41) is 0. The lowest BCUT2D eigenvalue weighted by Crippen LogP contribution is -1.81. The van der Waals surface area contributed by atoms with Gasteiger partial charge in [-0.05, 0) is 24.5 Å². The Kier molecular flexibility index (Phi) is 2.87. The third-order valence-corrected chi connectivity index (χ3v) is 1.82. The van der Waals surface area contributed by atoms with Crippen molar-refractivity contribution < 1.29 is 0 Å². The Bertz CT molecular complexity index is 295. The minimum Gasteiger partial charge on any atom is -0.103 e. The molecule has 0 amide bonds. The van der Waals surface area contributed by atoms with Gasteiger partial charge >= 0.3 is 0 Å². The zero-order chi connectivity index (χ0) is 8.97. The molecule has 0 atom stereocenters. The van der Waals surface area contributed by atoms with Crippen LogP contribution in [0.15, 0.2) is 43.5 Å². The Balaban J connectivity index is 2.87. The molecule has 0 nitrogen and oxygen atoms in total. The van der Waals surface area contributed by atoms with E-state index in [-0.39, 0.29) is 0 Å². The van der Waals surface area contributed by atoms with Crippen LogP contribution in [0.3, 0.4) is 0 Å². The van der Waals surface area contributed by atoms with Crippen molar-refractivity contribution in [2.24, 2.45) is 0 Å². The third-order valence-electron chi connectivity index (χ3n) is 1.82. The van der Waals surface area contributed by atoms with Gasteiger partial charge in [0.1, 0.15) is 0 Å². The van der Waals surface area contributed by atoms with Crippen LogP contribution in [0.1, 0.15) is 17.5 Å². The van der Waals surface area contributed by atoms with Gasteiger partial charge in [-0.25, -0.2) is 0 Å². The van der Waals surface area contributed by atoms with Gasteiger partial charge in [0.25, 0.3) is 0 Å². The number of aryl methyl sites for hydroxylation is 1. The molecule has 0 aliphatic rings. The van der Waals surface area contributed by atoms with Gasteiger partial charge in [-0.1, -0.05) is 42.5 Å². The van der Waals surface area contributed by atoms with Crippen molar-refractivity contribution in [3.63, 3.8) is 0 Å². The summed E-state index contributed by atoms with van der Waals surface area (Å²) in [4.78, 5) is 0. The molecule has 0 bridgehead atoms. The van der Waals surface area contributed by atoms with Gasteiger partial charge in [-0.3, -0.25) is 0 Å². The van der Waals surface area contributed by atoms with Crippen LogP contribution in [-0.2, 0) is 0 Å². The first kappa shape index (κ1) is 8.79. The fourth-order valence-electron chi connectivity index (χ4n) is 1.16. The van der Waals surface area contributed by atoms with E-state index >= 15 is 0 Å². The van der Waals surface area contributed by atoms with Gasteiger partial charge in [-0.2, -0.15) is 0 Å². The highest BCUT2D eigenvalue weighted by Crippen LogP contribution is 2.16. The van der Waals surface area contributed by atoms with E-state index in [1.807, 2.05) is 6.08 Å². The molecule has 12 heavy (non-hydrogen) atoms. The summed E-state index contributed by atoms with van der Waals surface area (Å²) >= 11 is 0. The van der Waals surface area contributed by atoms with Crippen LogP contribution in [0.2, 0.25) is 0 Å². The molecule has 0 fully saturated rings. The van der Waals surface area contributed by atoms with Crippen LogP contribution in [-0.4, -0.2) is 0 Å². The summed E-state index contributed by atoms with van der Waals surface area (Å²) in [7, 11) is 0. The van der Waals surface area contributed by atoms with E-state index in [9.17, 15) is 0 Å². The predicted octanol–water partition coefficient (Wildman–Crippen LogP) is 3.58. The molecule has 0 spiro atoms. The maximum Gasteiger partial charge on any atom is -0.0100 e. The van der Waals surface area contributed by atoms with Gasteiger partial charge in [0, 0.05) is 0 Å². The van der Waals surface area contributed by atoms with Gasteiger partial charge < -0.3 is 0 Å². The van der Waals surface area contributed by atoms with Crippen molar-refractivity contribution in [3.05, 3.63) is 54.6 Å². The average molecular weight is 158 g/mol. The molecule has 0 aliphatic heterocycles. The first-order valence-corrected chi connectivity index (χ1v) is 4.09. The number of benzene rings is 1. The number of hydrogen-bond donors (Lipinski definition) is 0. The predicted molar refractivity (Wildman–Crippen MR) is 55.0 cm³/mol. The van der Waals surface area contributed by atoms with Crippen molar-refractivity contribution >= 4 is 5.57 Å². The van der Waals surface area contributed by atoms with E-state index in [0.29, 0.717) is 0 Å². The fraction of sp³-hybridized carbons (Fsp3) is 0.167. The van der Waals surface area contributed by atoms with Crippen LogP contribution in [0.25, 0.3) is 5.57 Å². The molecule has 0 heterocycles. The quantitative estimate of drug-likeness (QED) is 0.590. The summed E-state index contributed by atoms with van der Waals surface area (Å²) < 4.78 is 0. The van der Waals surface area contributed by atoms with Crippen LogP contribution >= 0.6 is 0 Å². The summed E-state index contributed by atoms with van der Waals surface area (Å²) in [6.07, 6.45) is 2.74. The molecular weight excluding hydrogens is 144 g/mol. The molecule has 62 valence electrons. The normalized spacial score (nSPS) is 9.42. The number of hydrogen-bond acceptors (Lipinski definition) is 0. The van der Waals surface area contributed by atoms with Crippen molar-refractivity contribution in [2.45, 2.75) is 13.3 Å². The van der Waals surface area contributed by atoms with Crippen LogP contribution in [0, 0.1) is 6.92 Å². The first-order chi connectivity index (χ1) is 5.74. The maximum atomic E-state index is 3.98. The first-order valence-electron chi connectivity index (χ1n) is 4.09. The summed E-state index contributed by atoms with van der Waals surface area (Å²) in [6, 6.07) is 8.37. The van der Waals surface area contributed by atoms with E-state index in [1.165, 1.54) is 11.1 Å². The highest BCUT2D eigenvalue weighted by molar-refractivity contribution is 5.64. The maximum absolute atomic E-state index is 3.98. The number of rotatable bonds is 3. The molecule has 0 saturated carbocycles. The largest absolute Gasteiger partial charge is 0.103 e. The lowest BCUT2D eigenvalue weighted by atomic mass is 10.0. The molecule has 1 aromatic carbocycles. The molecule has 0 N–H and O–H groups in total. The van der Waals surface area contributed by atoms with Crippen molar-refractivity contribution in [1.29, 1.82) is 0 Å². The van der Waals surface area contributed by atoms with Gasteiger partial charge in [0.15, 0.2) is 0 Å². The Morgan fingerprint density at radius 2 is 2.25 bits per heavy atom. The smallest absolute Gasteiger partial charge is 0.0100 e. The molecule has 1 rings (SSSR count). The second kappa shape index (κ2) is 3.91. The third kappa shape index (κ3) is 2.09. The molecular formula is C12H14. The summed E-state index contributed by atoms with van der Waals surface area (Å²) in [5.74, 6) is 0. The minimum atomic E-state index is 0.865. The Hall–Kier alpha value is -1.30. The van der Waals surface area contributed by atoms with Crippen molar-refractivity contribution in [1.82, 2.24) is 0 Å². The molecule has 1 aromatic rings. The zero-order valence-electron chi connectivity index (χ0n) is 7.51. The molecule has 0 heteroatoms. The Labute approximate surface area is 74.2 Å². The fourth-order valence-corrected chi connectivity index (χ4v) is 1.16. The van der Waals surface area contributed by atoms with E-state index in [1.54, 1.807) is 0 Å². The molecule has 0 radical (unpaired) electrons. The Morgan fingerprint density at radius 3 is 2.83 bits per heavy atom. The highest BCUT2D eigenvalue weighted by atomic mass is 14.0. The second-order valence-electron chi connectivity index (χ2n) is 2.97. The monoisotopic (exact) mass is 158 g/mol. The summed E-state index contributed by atoms with van der Waals surface area (Å²) in [5.41, 5.74) is 3.63. The topological polar surface area (TPSA) is 0 Å². The van der Waals surface area contributed by atoms with Crippen molar-refractivity contribution in [3.8, 4) is 0 Å². The Morgan fingerprint density at radius 1 is 1.50 bits per heavy atom. The van der Waals surface area contributed by atoms with Gasteiger partial charge in [0.05, 0.1) is 0 Å². The SMILES string of the molecule is C=CCC(=C)c1cccc(C)c1. The highest BCUT2D eigenvalue weighted by Gasteiger charge is 1.95. The zero-order valence-corrected chi connectivity index (χ0v) is 7.51. The van der Waals surface area contributed by atoms with Crippen LogP contribution in [0.4, 0.5) is 0 Å². The van der Waals surface area contributed by atoms with Gasteiger partial charge in [-0.15, -0.1) is 6.58 Å². The standard InChI is InChI=1S/C12H14/c1-4-6-11(3)12-8-5-7-10(2)9-12/h4-5,7-9H,1,3,6H2,2H3. The van der Waals surface area contributed by atoms with E-state index in [0.717, 1.165) is 12.0 Å². The van der Waals surface area contributed by atoms with E-state index < -0.39 is 0 Å². The lowest BCUT2D eigenvalue weighted by Gasteiger charge is -2.02. The van der Waals surface area contributed by atoms with Crippen molar-refractivity contribution in [2.75, 3.05) is 0 Å². The summed E-state index contributed by atoms with van der Waals surface area (Å²) in [6.45, 7) is 9.76. The molecule has 0 aliphatic carbocycles. The molecule has 0 saturated heterocycles. The van der Waals surface area contributed by atoms with E-state index in [4.69, 9.17) is 0 Å². The van der Waals surface area contributed by atoms with Crippen LogP contribution < -0.4 is 0 Å². The van der Waals surface area contributed by atoms with Crippen LogP contribution in [0.5, 0.6) is 0 Å².